The third-order valence-corrected chi connectivity index (χ3v) is 12.9. The molecular formula is C34H51FO2. The van der Waals surface area contributed by atoms with E-state index >= 15 is 0 Å². The summed E-state index contributed by atoms with van der Waals surface area (Å²) >= 11 is 0. The number of hydrogen-bond donors (Lipinski definition) is 2. The van der Waals surface area contributed by atoms with Crippen molar-refractivity contribution >= 4 is 0 Å². The molecule has 3 heteroatoms. The Balaban J connectivity index is 1.30. The van der Waals surface area contributed by atoms with Crippen LogP contribution in [0.2, 0.25) is 0 Å². The molecule has 0 radical (unpaired) electrons. The molecule has 1 unspecified atom stereocenters. The molecule has 206 valence electrons. The predicted molar refractivity (Wildman–Crippen MR) is 149 cm³/mol. The molecule has 0 aliphatic heterocycles. The van der Waals surface area contributed by atoms with Gasteiger partial charge in [-0.1, -0.05) is 77.7 Å². The lowest BCUT2D eigenvalue weighted by molar-refractivity contribution is -0.0962. The zero-order valence-electron chi connectivity index (χ0n) is 24.2. The topological polar surface area (TPSA) is 40.5 Å². The molecule has 4 aliphatic rings. The molecule has 0 saturated heterocycles. The Hall–Kier alpha value is -1.19. The van der Waals surface area contributed by atoms with E-state index in [-0.39, 0.29) is 22.8 Å². The van der Waals surface area contributed by atoms with Crippen LogP contribution in [0.1, 0.15) is 124 Å². The summed E-state index contributed by atoms with van der Waals surface area (Å²) in [4.78, 5) is 0. The van der Waals surface area contributed by atoms with Crippen LogP contribution in [0, 0.1) is 45.2 Å². The van der Waals surface area contributed by atoms with Gasteiger partial charge in [-0.25, -0.2) is 4.39 Å². The maximum Gasteiger partial charge on any atom is 0.123 e. The van der Waals surface area contributed by atoms with Crippen molar-refractivity contribution in [1.29, 1.82) is 0 Å². The van der Waals surface area contributed by atoms with Crippen molar-refractivity contribution in [3.05, 3.63) is 46.8 Å². The molecule has 5 rings (SSSR count). The van der Waals surface area contributed by atoms with Crippen LogP contribution in [0.4, 0.5) is 4.39 Å². The van der Waals surface area contributed by atoms with Crippen molar-refractivity contribution in [1.82, 2.24) is 0 Å². The highest BCUT2D eigenvalue weighted by molar-refractivity contribution is 5.38. The van der Waals surface area contributed by atoms with Crippen molar-refractivity contribution in [3.8, 4) is 0 Å². The van der Waals surface area contributed by atoms with Crippen LogP contribution in [0.3, 0.4) is 0 Å². The van der Waals surface area contributed by atoms with Crippen molar-refractivity contribution in [3.63, 3.8) is 0 Å². The number of fused-ring (bicyclic) bond motifs is 4. The minimum atomic E-state index is -0.506. The predicted octanol–water partition coefficient (Wildman–Crippen LogP) is 8.78. The van der Waals surface area contributed by atoms with E-state index in [4.69, 9.17) is 0 Å². The van der Waals surface area contributed by atoms with E-state index in [1.54, 1.807) is 17.7 Å². The molecule has 4 aliphatic carbocycles. The zero-order valence-corrected chi connectivity index (χ0v) is 24.2. The number of aliphatic hydroxyl groups excluding tert-OH is 2. The first kappa shape index (κ1) is 27.4. The monoisotopic (exact) mass is 510 g/mol. The Morgan fingerprint density at radius 1 is 0.892 bits per heavy atom. The molecule has 2 N–H and O–H groups in total. The van der Waals surface area contributed by atoms with Gasteiger partial charge in [-0.2, -0.15) is 0 Å². The van der Waals surface area contributed by atoms with Crippen molar-refractivity contribution < 1.29 is 14.6 Å². The van der Waals surface area contributed by atoms with Gasteiger partial charge in [0.1, 0.15) is 5.82 Å². The summed E-state index contributed by atoms with van der Waals surface area (Å²) < 4.78 is 13.2. The van der Waals surface area contributed by atoms with Crippen LogP contribution in [-0.2, 0) is 0 Å². The first-order chi connectivity index (χ1) is 17.3. The molecule has 0 aromatic heterocycles. The first-order valence-electron chi connectivity index (χ1n) is 15.2. The van der Waals surface area contributed by atoms with E-state index in [0.717, 1.165) is 43.6 Å². The fraction of sp³-hybridized carbons (Fsp3) is 0.765. The van der Waals surface area contributed by atoms with Crippen LogP contribution in [0.25, 0.3) is 0 Å². The van der Waals surface area contributed by atoms with Gasteiger partial charge in [0.25, 0.3) is 0 Å². The second kappa shape index (κ2) is 9.47. The van der Waals surface area contributed by atoms with Gasteiger partial charge in [0.2, 0.25) is 0 Å². The highest BCUT2D eigenvalue weighted by atomic mass is 19.1. The lowest BCUT2D eigenvalue weighted by Crippen LogP contribution is -2.55. The summed E-state index contributed by atoms with van der Waals surface area (Å²) in [5, 5.41) is 21.5. The summed E-state index contributed by atoms with van der Waals surface area (Å²) in [5.41, 5.74) is 5.31. The van der Waals surface area contributed by atoms with Gasteiger partial charge < -0.3 is 10.2 Å². The van der Waals surface area contributed by atoms with Crippen LogP contribution < -0.4 is 0 Å². The van der Waals surface area contributed by atoms with Gasteiger partial charge in [-0.3, -0.25) is 0 Å². The molecule has 1 aromatic carbocycles. The number of aliphatic hydroxyl groups is 2. The van der Waals surface area contributed by atoms with Gasteiger partial charge in [-0.15, -0.1) is 0 Å². The largest absolute Gasteiger partial charge is 0.393 e. The molecule has 2 fully saturated rings. The van der Waals surface area contributed by atoms with Crippen LogP contribution >= 0.6 is 0 Å². The van der Waals surface area contributed by atoms with E-state index in [1.807, 2.05) is 5.57 Å². The lowest BCUT2D eigenvalue weighted by Gasteiger charge is -2.62. The summed E-state index contributed by atoms with van der Waals surface area (Å²) in [5.74, 6) is 1.70. The molecule has 0 spiro atoms. The summed E-state index contributed by atoms with van der Waals surface area (Å²) in [7, 11) is 0. The smallest absolute Gasteiger partial charge is 0.123 e. The lowest BCUT2D eigenvalue weighted by atomic mass is 9.43. The van der Waals surface area contributed by atoms with E-state index < -0.39 is 6.10 Å². The molecule has 2 saturated carbocycles. The maximum absolute atomic E-state index is 13.2. The number of rotatable bonds is 6. The Bertz CT molecular complexity index is 1030. The first-order valence-corrected chi connectivity index (χ1v) is 15.2. The van der Waals surface area contributed by atoms with Crippen LogP contribution in [0.5, 0.6) is 0 Å². The Labute approximate surface area is 225 Å². The quantitative estimate of drug-likeness (QED) is 0.375. The average Bonchev–Trinajstić information content (AvgIpc) is 3.13. The molecule has 0 bridgehead atoms. The van der Waals surface area contributed by atoms with Gasteiger partial charge in [0.05, 0.1) is 12.2 Å². The zero-order chi connectivity index (χ0) is 26.8. The second-order valence-corrected chi connectivity index (χ2v) is 14.7. The van der Waals surface area contributed by atoms with E-state index in [1.165, 1.54) is 50.7 Å². The third kappa shape index (κ3) is 4.17. The number of hydrogen-bond acceptors (Lipinski definition) is 2. The SMILES string of the molecule is C[C@H](CCCC(O)c1ccc(F)cc1)[C@H]1CC[C@@]2(C)C3=C(CC[C@]12C)[C@@]1(C)CC[C@H](O)C(C)(C)[C@@H]1CC3. The normalized spacial score (nSPS) is 40.5. The van der Waals surface area contributed by atoms with Crippen molar-refractivity contribution in [2.45, 2.75) is 124 Å². The van der Waals surface area contributed by atoms with Gasteiger partial charge >= 0.3 is 0 Å². The Kier molecular flexibility index (Phi) is 7.01. The molecule has 0 heterocycles. The number of allylic oxidation sites excluding steroid dienone is 2. The Morgan fingerprint density at radius 2 is 1.59 bits per heavy atom. The van der Waals surface area contributed by atoms with Gasteiger partial charge in [0, 0.05) is 0 Å². The molecule has 1 aromatic rings. The highest BCUT2D eigenvalue weighted by Crippen LogP contribution is 2.72. The second-order valence-electron chi connectivity index (χ2n) is 14.7. The number of benzene rings is 1. The molecule has 8 atom stereocenters. The minimum absolute atomic E-state index is 0.00160. The summed E-state index contributed by atoms with van der Waals surface area (Å²) in [6.45, 7) is 14.9. The standard InChI is InChI=1S/C34H51FO2/c1-22(8-7-9-28(36)23-10-12-24(35)13-11-23)25-16-20-34(6)27-14-15-29-31(2,3)30(37)18-19-32(29,4)26(27)17-21-33(25,34)5/h10-13,22,25,28-30,36-37H,7-9,14-21H2,1-6H3/t22-,25-,28?,29+,30+,32-,33-,34+/m1/s1. The Morgan fingerprint density at radius 3 is 2.30 bits per heavy atom. The third-order valence-electron chi connectivity index (χ3n) is 12.9. The molecule has 37 heavy (non-hydrogen) atoms. The molecular weight excluding hydrogens is 459 g/mol. The van der Waals surface area contributed by atoms with Gasteiger partial charge in [0.15, 0.2) is 0 Å². The van der Waals surface area contributed by atoms with Crippen LogP contribution in [0.15, 0.2) is 35.4 Å². The fourth-order valence-electron chi connectivity index (χ4n) is 10.3. The van der Waals surface area contributed by atoms with E-state index in [9.17, 15) is 14.6 Å². The summed E-state index contributed by atoms with van der Waals surface area (Å²) in [6, 6.07) is 6.31. The molecule has 0 amide bonds. The minimum Gasteiger partial charge on any atom is -0.393 e. The fourth-order valence-corrected chi connectivity index (χ4v) is 10.3. The van der Waals surface area contributed by atoms with Crippen molar-refractivity contribution in [2.75, 3.05) is 0 Å². The number of halogens is 1. The molecule has 2 nitrogen and oxygen atoms in total. The summed E-state index contributed by atoms with van der Waals surface area (Å²) in [6.07, 6.45) is 11.9. The average molecular weight is 511 g/mol. The maximum atomic E-state index is 13.2. The van der Waals surface area contributed by atoms with Crippen molar-refractivity contribution in [2.24, 2.45) is 39.4 Å². The van der Waals surface area contributed by atoms with Crippen LogP contribution in [-0.4, -0.2) is 16.3 Å². The van der Waals surface area contributed by atoms with Gasteiger partial charge in [-0.05, 0) is 115 Å². The van der Waals surface area contributed by atoms with E-state index in [2.05, 4.69) is 41.5 Å². The highest BCUT2D eigenvalue weighted by Gasteiger charge is 2.63. The van der Waals surface area contributed by atoms with E-state index in [0.29, 0.717) is 22.7 Å².